The summed E-state index contributed by atoms with van der Waals surface area (Å²) in [6, 6.07) is 17.2. The van der Waals surface area contributed by atoms with E-state index in [2.05, 4.69) is 15.6 Å². The molecule has 4 rings (SSSR count). The number of aromatic hydroxyl groups is 1. The smallest absolute Gasteiger partial charge is 0.284 e. The van der Waals surface area contributed by atoms with Gasteiger partial charge < -0.3 is 25.1 Å². The van der Waals surface area contributed by atoms with Crippen LogP contribution in [0.3, 0.4) is 0 Å². The van der Waals surface area contributed by atoms with Gasteiger partial charge in [-0.1, -0.05) is 31.2 Å². The third kappa shape index (κ3) is 4.93. The van der Waals surface area contributed by atoms with Crippen molar-refractivity contribution in [3.63, 3.8) is 0 Å². The Morgan fingerprint density at radius 3 is 2.32 bits per heavy atom. The molecule has 0 fully saturated rings. The van der Waals surface area contributed by atoms with E-state index in [0.29, 0.717) is 29.3 Å². The van der Waals surface area contributed by atoms with Crippen LogP contribution in [-0.4, -0.2) is 48.8 Å². The fourth-order valence-electron chi connectivity index (χ4n) is 4.30. The molecule has 0 saturated carbocycles. The highest BCUT2D eigenvalue weighted by atomic mass is 16.3. The molecular formula is C28H31N5O4. The van der Waals surface area contributed by atoms with Crippen LogP contribution >= 0.6 is 0 Å². The number of anilines is 2. The molecule has 0 aliphatic carbocycles. The summed E-state index contributed by atoms with van der Waals surface area (Å²) in [5.74, 6) is 0.845. The summed E-state index contributed by atoms with van der Waals surface area (Å²) < 4.78 is 5.80. The fourth-order valence-corrected chi connectivity index (χ4v) is 4.30. The highest BCUT2D eigenvalue weighted by molar-refractivity contribution is 6.33. The molecule has 1 aromatic heterocycles. The first kappa shape index (κ1) is 25.6. The predicted octanol–water partition coefficient (Wildman–Crippen LogP) is 4.17. The Bertz CT molecular complexity index is 1370. The van der Waals surface area contributed by atoms with E-state index < -0.39 is 11.8 Å². The third-order valence-electron chi connectivity index (χ3n) is 6.10. The van der Waals surface area contributed by atoms with Gasteiger partial charge in [-0.15, -0.1) is 0 Å². The molecule has 0 spiro atoms. The van der Waals surface area contributed by atoms with Gasteiger partial charge in [0.25, 0.3) is 11.8 Å². The highest BCUT2D eigenvalue weighted by Crippen LogP contribution is 2.34. The van der Waals surface area contributed by atoms with E-state index in [9.17, 15) is 14.7 Å². The second-order valence-electron chi connectivity index (χ2n) is 8.85. The van der Waals surface area contributed by atoms with Gasteiger partial charge in [0.1, 0.15) is 34.5 Å². The summed E-state index contributed by atoms with van der Waals surface area (Å²) in [4.78, 5) is 34.4. The van der Waals surface area contributed by atoms with Gasteiger partial charge in [-0.2, -0.15) is 0 Å². The molecule has 3 aromatic rings. The van der Waals surface area contributed by atoms with Crippen molar-refractivity contribution in [3.8, 4) is 5.75 Å². The second-order valence-corrected chi connectivity index (χ2v) is 8.85. The van der Waals surface area contributed by atoms with Crippen molar-refractivity contribution in [3.05, 3.63) is 89.1 Å². The number of carbonyl (C=O) groups is 2. The van der Waals surface area contributed by atoms with Crippen molar-refractivity contribution in [1.82, 2.24) is 10.2 Å². The van der Waals surface area contributed by atoms with Crippen LogP contribution in [-0.2, 0) is 9.59 Å². The van der Waals surface area contributed by atoms with Gasteiger partial charge in [0.2, 0.25) is 0 Å². The van der Waals surface area contributed by atoms with Gasteiger partial charge in [0.05, 0.1) is 23.0 Å². The fraction of sp³-hybridized carbons (Fsp3) is 0.250. The van der Waals surface area contributed by atoms with Gasteiger partial charge in [-0.25, -0.2) is 4.90 Å². The van der Waals surface area contributed by atoms with Gasteiger partial charge in [-0.05, 0) is 49.7 Å². The number of furan rings is 1. The van der Waals surface area contributed by atoms with Gasteiger partial charge in [0.15, 0.2) is 0 Å². The van der Waals surface area contributed by atoms with Crippen LogP contribution in [0, 0.1) is 6.92 Å². The summed E-state index contributed by atoms with van der Waals surface area (Å²) in [6.45, 7) is 3.81. The molecule has 1 aliphatic heterocycles. The lowest BCUT2D eigenvalue weighted by atomic mass is 10.1. The maximum Gasteiger partial charge on any atom is 0.284 e. The zero-order chi connectivity index (χ0) is 26.7. The Balaban J connectivity index is 1.78. The summed E-state index contributed by atoms with van der Waals surface area (Å²) >= 11 is 0. The second kappa shape index (κ2) is 10.6. The number of nitrogens with zero attached hydrogens (tertiary/aromatic N) is 3. The van der Waals surface area contributed by atoms with Crippen LogP contribution in [0.2, 0.25) is 0 Å². The first-order valence-corrected chi connectivity index (χ1v) is 12.0. The van der Waals surface area contributed by atoms with Gasteiger partial charge >= 0.3 is 0 Å². The number of rotatable bonds is 8. The summed E-state index contributed by atoms with van der Waals surface area (Å²) in [5.41, 5.74) is 1.33. The lowest BCUT2D eigenvalue weighted by Gasteiger charge is -2.19. The normalized spacial score (nSPS) is 14.8. The number of amidine groups is 1. The summed E-state index contributed by atoms with van der Waals surface area (Å²) in [7, 11) is 5.28. The molecular weight excluding hydrogens is 470 g/mol. The molecule has 2 heterocycles. The number of phenols is 1. The Morgan fingerprint density at radius 2 is 1.73 bits per heavy atom. The molecule has 0 saturated heterocycles. The minimum atomic E-state index is -0.536. The zero-order valence-electron chi connectivity index (χ0n) is 21.6. The molecule has 1 aliphatic rings. The van der Waals surface area contributed by atoms with Crippen molar-refractivity contribution in [1.29, 1.82) is 0 Å². The Morgan fingerprint density at radius 1 is 1.03 bits per heavy atom. The number of hydrogen-bond donors (Lipinski definition) is 3. The number of aliphatic imine (C=N–C) groups is 1. The van der Waals surface area contributed by atoms with Gasteiger partial charge in [0, 0.05) is 21.1 Å². The first-order valence-electron chi connectivity index (χ1n) is 12.0. The van der Waals surface area contributed by atoms with Crippen LogP contribution in [0.1, 0.15) is 36.5 Å². The van der Waals surface area contributed by atoms with Gasteiger partial charge in [-0.3, -0.25) is 14.6 Å². The lowest BCUT2D eigenvalue weighted by molar-refractivity contribution is -0.120. The number of benzene rings is 2. The van der Waals surface area contributed by atoms with E-state index in [4.69, 9.17) is 4.42 Å². The number of amides is 2. The number of para-hydroxylation sites is 2. The average molecular weight is 502 g/mol. The molecule has 0 bridgehead atoms. The van der Waals surface area contributed by atoms with Crippen LogP contribution < -0.4 is 15.5 Å². The lowest BCUT2D eigenvalue weighted by Crippen LogP contribution is -2.34. The van der Waals surface area contributed by atoms with E-state index in [1.807, 2.05) is 46.1 Å². The van der Waals surface area contributed by atoms with Crippen molar-refractivity contribution in [2.75, 3.05) is 31.4 Å². The molecule has 192 valence electrons. The monoisotopic (exact) mass is 501 g/mol. The average Bonchev–Trinajstić information content (AvgIpc) is 3.41. The maximum atomic E-state index is 13.6. The topological polar surface area (TPSA) is 110 Å². The largest absolute Gasteiger partial charge is 0.505 e. The number of aryl methyl sites for hydroxylation is 1. The summed E-state index contributed by atoms with van der Waals surface area (Å²) in [6.07, 6.45) is 0.608. The number of imide groups is 1. The molecule has 37 heavy (non-hydrogen) atoms. The minimum Gasteiger partial charge on any atom is -0.505 e. The highest BCUT2D eigenvalue weighted by Gasteiger charge is 2.41. The van der Waals surface area contributed by atoms with Crippen LogP contribution in [0.4, 0.5) is 11.4 Å². The molecule has 2 aromatic carbocycles. The Hall–Kier alpha value is -4.53. The van der Waals surface area contributed by atoms with E-state index in [1.165, 1.54) is 0 Å². The number of hydrogen-bond acceptors (Lipinski definition) is 7. The van der Waals surface area contributed by atoms with Crippen LogP contribution in [0.25, 0.3) is 0 Å². The van der Waals surface area contributed by atoms with Crippen molar-refractivity contribution in [2.45, 2.75) is 26.3 Å². The molecule has 0 unspecified atom stereocenters. The SMILES string of the molecule is CC[C@@H](NC1=C(Nc2cccc(C(=NC)N(C)C)c2O)C(=O)N(c2ccccc2)C1=O)c1ccc(C)o1. The first-order chi connectivity index (χ1) is 17.8. The van der Waals surface area contributed by atoms with Crippen LogP contribution in [0.5, 0.6) is 5.75 Å². The Labute approximate surface area is 216 Å². The van der Waals surface area contributed by atoms with E-state index in [0.717, 1.165) is 10.7 Å². The predicted molar refractivity (Wildman–Crippen MR) is 143 cm³/mol. The molecule has 9 nitrogen and oxygen atoms in total. The number of nitrogens with one attached hydrogen (secondary N) is 2. The Kier molecular flexibility index (Phi) is 7.33. The molecule has 2 amide bonds. The quantitative estimate of drug-likeness (QED) is 0.184. The summed E-state index contributed by atoms with van der Waals surface area (Å²) in [5, 5.41) is 17.4. The zero-order valence-corrected chi connectivity index (χ0v) is 21.6. The minimum absolute atomic E-state index is 0.0304. The van der Waals surface area contributed by atoms with E-state index in [-0.39, 0.29) is 28.9 Å². The third-order valence-corrected chi connectivity index (χ3v) is 6.10. The van der Waals surface area contributed by atoms with Crippen molar-refractivity contribution >= 4 is 29.0 Å². The van der Waals surface area contributed by atoms with E-state index >= 15 is 0 Å². The van der Waals surface area contributed by atoms with Crippen molar-refractivity contribution in [2.24, 2.45) is 4.99 Å². The van der Waals surface area contributed by atoms with Crippen molar-refractivity contribution < 1.29 is 19.1 Å². The standard InChI is InChI=1S/C28H31N5O4/c1-6-20(22-16-15-17(2)37-22)30-23-24(28(36)33(27(23)35)18-11-8-7-9-12-18)31-21-14-10-13-19(25(21)34)26(29-3)32(4)5/h7-16,20,30-31,34H,6H2,1-5H3/t20-/m1/s1. The molecule has 1 atom stereocenters. The number of phenolic OH excluding ortho intramolecular Hbond substituents is 1. The molecule has 0 radical (unpaired) electrons. The van der Waals surface area contributed by atoms with E-state index in [1.54, 1.807) is 54.4 Å². The molecule has 3 N–H and O–H groups in total. The van der Waals surface area contributed by atoms with Crippen LogP contribution in [0.15, 0.2) is 81.5 Å². The molecule has 9 heteroatoms. The maximum absolute atomic E-state index is 13.6. The number of carbonyl (C=O) groups excluding carboxylic acids is 2.